The van der Waals surface area contributed by atoms with Gasteiger partial charge in [0.2, 0.25) is 0 Å². The molecule has 3 heteroatoms. The van der Waals surface area contributed by atoms with Gasteiger partial charge in [-0.25, -0.2) is 4.99 Å². The molecule has 12 heavy (non-hydrogen) atoms. The van der Waals surface area contributed by atoms with Crippen molar-refractivity contribution in [2.24, 2.45) is 10.7 Å². The molecule has 1 atom stereocenters. The molecule has 1 heterocycles. The second kappa shape index (κ2) is 3.78. The minimum Gasteiger partial charge on any atom is -0.463 e. The Morgan fingerprint density at radius 2 is 2.33 bits per heavy atom. The van der Waals surface area contributed by atoms with Gasteiger partial charge < -0.3 is 10.5 Å². The van der Waals surface area contributed by atoms with Crippen LogP contribution >= 0.6 is 0 Å². The maximum atomic E-state index is 5.49. The van der Waals surface area contributed by atoms with Gasteiger partial charge in [0.05, 0.1) is 5.54 Å². The Hall–Kier alpha value is -0.730. The minimum absolute atomic E-state index is 0.0000926. The zero-order valence-corrected chi connectivity index (χ0v) is 7.97. The van der Waals surface area contributed by atoms with Crippen LogP contribution in [0.25, 0.3) is 0 Å². The van der Waals surface area contributed by atoms with Gasteiger partial charge in [0.25, 0.3) is 6.02 Å². The van der Waals surface area contributed by atoms with Crippen LogP contribution < -0.4 is 5.73 Å². The molecule has 1 rings (SSSR count). The quantitative estimate of drug-likeness (QED) is 0.697. The van der Waals surface area contributed by atoms with Gasteiger partial charge in [-0.2, -0.15) is 0 Å². The van der Waals surface area contributed by atoms with Crippen molar-refractivity contribution in [3.8, 4) is 0 Å². The monoisotopic (exact) mass is 170 g/mol. The first-order valence-electron chi connectivity index (χ1n) is 4.70. The highest BCUT2D eigenvalue weighted by molar-refractivity contribution is 5.73. The third-order valence-corrected chi connectivity index (χ3v) is 2.49. The lowest BCUT2D eigenvalue weighted by molar-refractivity contribution is 0.234. The van der Waals surface area contributed by atoms with E-state index < -0.39 is 0 Å². The lowest BCUT2D eigenvalue weighted by Crippen LogP contribution is -2.27. The van der Waals surface area contributed by atoms with Crippen molar-refractivity contribution in [1.82, 2.24) is 0 Å². The number of amidine groups is 1. The summed E-state index contributed by atoms with van der Waals surface area (Å²) in [6.07, 6.45) is 4.53. The van der Waals surface area contributed by atoms with Crippen molar-refractivity contribution in [1.29, 1.82) is 0 Å². The van der Waals surface area contributed by atoms with Gasteiger partial charge in [-0.05, 0) is 12.8 Å². The van der Waals surface area contributed by atoms with Gasteiger partial charge in [-0.1, -0.05) is 26.7 Å². The molecule has 0 aromatic heterocycles. The van der Waals surface area contributed by atoms with Gasteiger partial charge in [-0.15, -0.1) is 0 Å². The fourth-order valence-corrected chi connectivity index (χ4v) is 1.50. The van der Waals surface area contributed by atoms with E-state index in [0.29, 0.717) is 12.6 Å². The summed E-state index contributed by atoms with van der Waals surface area (Å²) in [5.74, 6) is 0. The van der Waals surface area contributed by atoms with Crippen LogP contribution in [0.15, 0.2) is 4.99 Å². The van der Waals surface area contributed by atoms with Crippen molar-refractivity contribution in [3.63, 3.8) is 0 Å². The molecular formula is C9H18N2O. The van der Waals surface area contributed by atoms with E-state index in [9.17, 15) is 0 Å². The van der Waals surface area contributed by atoms with Gasteiger partial charge >= 0.3 is 0 Å². The molecule has 0 aromatic rings. The molecule has 0 aliphatic carbocycles. The zero-order valence-electron chi connectivity index (χ0n) is 7.97. The van der Waals surface area contributed by atoms with E-state index in [1.165, 1.54) is 12.8 Å². The molecular weight excluding hydrogens is 152 g/mol. The number of hydrogen-bond acceptors (Lipinski definition) is 3. The number of unbranched alkanes of at least 4 members (excludes halogenated alkanes) is 1. The molecule has 70 valence electrons. The van der Waals surface area contributed by atoms with E-state index >= 15 is 0 Å². The topological polar surface area (TPSA) is 47.6 Å². The predicted octanol–water partition coefficient (Wildman–Crippen LogP) is 1.67. The van der Waals surface area contributed by atoms with Crippen molar-refractivity contribution in [3.05, 3.63) is 0 Å². The highest BCUT2D eigenvalue weighted by Crippen LogP contribution is 2.27. The number of ether oxygens (including phenoxy) is 1. The molecule has 2 N–H and O–H groups in total. The van der Waals surface area contributed by atoms with Crippen molar-refractivity contribution in [2.45, 2.75) is 45.1 Å². The van der Waals surface area contributed by atoms with Gasteiger partial charge in [0.15, 0.2) is 0 Å². The molecule has 1 aliphatic heterocycles. The first kappa shape index (κ1) is 9.36. The van der Waals surface area contributed by atoms with Crippen LogP contribution in [-0.4, -0.2) is 18.2 Å². The summed E-state index contributed by atoms with van der Waals surface area (Å²) in [6.45, 7) is 5.00. The third kappa shape index (κ3) is 1.90. The molecule has 0 spiro atoms. The Labute approximate surface area is 74.0 Å². The summed E-state index contributed by atoms with van der Waals surface area (Å²) in [7, 11) is 0. The summed E-state index contributed by atoms with van der Waals surface area (Å²) in [4.78, 5) is 4.35. The molecule has 0 radical (unpaired) electrons. The van der Waals surface area contributed by atoms with Crippen molar-refractivity contribution >= 4 is 6.02 Å². The number of hydrogen-bond donors (Lipinski definition) is 1. The summed E-state index contributed by atoms with van der Waals surface area (Å²) >= 11 is 0. The summed E-state index contributed by atoms with van der Waals surface area (Å²) in [5, 5.41) is 0. The summed E-state index contributed by atoms with van der Waals surface area (Å²) in [6, 6.07) is 0.368. The number of nitrogens with zero attached hydrogens (tertiary/aromatic N) is 1. The molecule has 0 fully saturated rings. The van der Waals surface area contributed by atoms with Gasteiger partial charge in [0.1, 0.15) is 6.61 Å². The average molecular weight is 170 g/mol. The maximum absolute atomic E-state index is 5.49. The average Bonchev–Trinajstić information content (AvgIpc) is 2.45. The number of nitrogens with two attached hydrogens (primary N) is 1. The van der Waals surface area contributed by atoms with E-state index in [1.807, 2.05) is 0 Å². The van der Waals surface area contributed by atoms with Crippen LogP contribution in [0.5, 0.6) is 0 Å². The van der Waals surface area contributed by atoms with Gasteiger partial charge in [0, 0.05) is 0 Å². The van der Waals surface area contributed by atoms with Crippen LogP contribution in [0, 0.1) is 0 Å². The molecule has 0 bridgehead atoms. The molecule has 0 amide bonds. The number of aliphatic imine (C=N–C) groups is 1. The molecule has 3 nitrogen and oxygen atoms in total. The smallest absolute Gasteiger partial charge is 0.282 e. The Morgan fingerprint density at radius 3 is 2.75 bits per heavy atom. The highest BCUT2D eigenvalue weighted by atomic mass is 16.5. The molecule has 1 aliphatic rings. The van der Waals surface area contributed by atoms with Crippen LogP contribution in [0.3, 0.4) is 0 Å². The second-order valence-electron chi connectivity index (χ2n) is 3.42. The fourth-order valence-electron chi connectivity index (χ4n) is 1.50. The standard InChI is InChI=1S/C9H18N2O/c1-3-5-6-9(4-2)7-12-8(10)11-9/h3-7H2,1-2H3,(H2,10,11). The maximum Gasteiger partial charge on any atom is 0.282 e. The molecule has 0 aromatic carbocycles. The lowest BCUT2D eigenvalue weighted by atomic mass is 9.92. The summed E-state index contributed by atoms with van der Waals surface area (Å²) in [5.41, 5.74) is 5.49. The lowest BCUT2D eigenvalue weighted by Gasteiger charge is -2.21. The fraction of sp³-hybridized carbons (Fsp3) is 0.889. The van der Waals surface area contributed by atoms with Crippen LogP contribution in [0.4, 0.5) is 0 Å². The van der Waals surface area contributed by atoms with Gasteiger partial charge in [-0.3, -0.25) is 0 Å². The van der Waals surface area contributed by atoms with Crippen LogP contribution in [0.2, 0.25) is 0 Å². The Bertz CT molecular complexity index is 179. The predicted molar refractivity (Wildman–Crippen MR) is 50.1 cm³/mol. The Kier molecular flexibility index (Phi) is 2.95. The summed E-state index contributed by atoms with van der Waals surface area (Å²) < 4.78 is 5.18. The second-order valence-corrected chi connectivity index (χ2v) is 3.42. The SMILES string of the molecule is CCCCC1(CC)COC(N)=N1. The molecule has 0 saturated carbocycles. The first-order valence-corrected chi connectivity index (χ1v) is 4.70. The van der Waals surface area contributed by atoms with E-state index in [2.05, 4.69) is 18.8 Å². The Balaban J connectivity index is 2.52. The van der Waals surface area contributed by atoms with E-state index in [1.54, 1.807) is 0 Å². The minimum atomic E-state index is 0.0000926. The van der Waals surface area contributed by atoms with Crippen molar-refractivity contribution < 1.29 is 4.74 Å². The zero-order chi connectivity index (χ0) is 9.03. The van der Waals surface area contributed by atoms with Crippen LogP contribution in [-0.2, 0) is 4.74 Å². The third-order valence-electron chi connectivity index (χ3n) is 2.49. The van der Waals surface area contributed by atoms with E-state index in [4.69, 9.17) is 10.5 Å². The van der Waals surface area contributed by atoms with E-state index in [-0.39, 0.29) is 5.54 Å². The van der Waals surface area contributed by atoms with Crippen molar-refractivity contribution in [2.75, 3.05) is 6.61 Å². The highest BCUT2D eigenvalue weighted by Gasteiger charge is 2.33. The Morgan fingerprint density at radius 1 is 1.58 bits per heavy atom. The normalized spacial score (nSPS) is 28.3. The largest absolute Gasteiger partial charge is 0.463 e. The van der Waals surface area contributed by atoms with Crippen LogP contribution in [0.1, 0.15) is 39.5 Å². The first-order chi connectivity index (χ1) is 5.72. The molecule has 1 unspecified atom stereocenters. The van der Waals surface area contributed by atoms with E-state index in [0.717, 1.165) is 12.8 Å². The molecule has 0 saturated heterocycles. The number of rotatable bonds is 4.